The first-order chi connectivity index (χ1) is 8.79. The zero-order valence-electron chi connectivity index (χ0n) is 11.5. The van der Waals surface area contributed by atoms with Gasteiger partial charge >= 0.3 is 0 Å². The number of rotatable bonds is 3. The van der Waals surface area contributed by atoms with Crippen molar-refractivity contribution in [2.45, 2.75) is 52.6 Å². The molecule has 1 fully saturated rings. The quantitative estimate of drug-likeness (QED) is 0.621. The average Bonchev–Trinajstić information content (AvgIpc) is 2.93. The van der Waals surface area contributed by atoms with E-state index in [2.05, 4.69) is 17.2 Å². The predicted molar refractivity (Wildman–Crippen MR) is 81.9 cm³/mol. The van der Waals surface area contributed by atoms with Crippen molar-refractivity contribution >= 4 is 18.5 Å². The maximum absolute atomic E-state index is 5.93. The van der Waals surface area contributed by atoms with Gasteiger partial charge in [0.15, 0.2) is 0 Å². The lowest BCUT2D eigenvalue weighted by atomic mass is 10.1. The smallest absolute Gasteiger partial charge is 0.120 e. The number of thiol groups is 1. The second-order valence-electron chi connectivity index (χ2n) is 4.24. The van der Waals surface area contributed by atoms with E-state index < -0.39 is 0 Å². The molecule has 0 heterocycles. The Labute approximate surface area is 116 Å². The van der Waals surface area contributed by atoms with Crippen molar-refractivity contribution in [3.8, 4) is 5.75 Å². The van der Waals surface area contributed by atoms with Crippen LogP contribution in [0.15, 0.2) is 28.7 Å². The van der Waals surface area contributed by atoms with E-state index in [0.717, 1.165) is 17.0 Å². The molecule has 2 rings (SSSR count). The molecule has 0 saturated heterocycles. The molecule has 3 heteroatoms. The number of benzene rings is 1. The Morgan fingerprint density at radius 3 is 2.56 bits per heavy atom. The first kappa shape index (κ1) is 15.1. The molecule has 0 radical (unpaired) electrons. The maximum atomic E-state index is 5.93. The fourth-order valence-corrected chi connectivity index (χ4v) is 2.17. The van der Waals surface area contributed by atoms with Crippen molar-refractivity contribution in [2.24, 2.45) is 4.40 Å². The molecular weight excluding hydrogens is 242 g/mol. The molecular formula is C15H23NOS. The summed E-state index contributed by atoms with van der Waals surface area (Å²) in [5.41, 5.74) is 1.99. The lowest BCUT2D eigenvalue weighted by Gasteiger charge is -2.13. The number of nitrogens with zero attached hydrogens (tertiary/aromatic N) is 1. The molecule has 0 atom stereocenters. The molecule has 1 saturated carbocycles. The highest BCUT2D eigenvalue weighted by Crippen LogP contribution is 2.24. The van der Waals surface area contributed by atoms with Crippen LogP contribution < -0.4 is 4.74 Å². The van der Waals surface area contributed by atoms with Crippen molar-refractivity contribution in [3.63, 3.8) is 0 Å². The number of hydrogen-bond acceptors (Lipinski definition) is 3. The van der Waals surface area contributed by atoms with Crippen LogP contribution in [0.5, 0.6) is 5.75 Å². The Morgan fingerprint density at radius 1 is 1.28 bits per heavy atom. The van der Waals surface area contributed by atoms with E-state index in [9.17, 15) is 0 Å². The van der Waals surface area contributed by atoms with E-state index in [-0.39, 0.29) is 0 Å². The number of hydrogen-bond donors (Lipinski definition) is 1. The predicted octanol–water partition coefficient (Wildman–Crippen LogP) is 4.69. The summed E-state index contributed by atoms with van der Waals surface area (Å²) in [6.07, 6.45) is 5.36. The zero-order chi connectivity index (χ0) is 13.4. The minimum absolute atomic E-state index is 0.406. The van der Waals surface area contributed by atoms with Crippen LogP contribution in [0, 0.1) is 0 Å². The first-order valence-electron chi connectivity index (χ1n) is 6.75. The lowest BCUT2D eigenvalue weighted by molar-refractivity contribution is 0.210. The summed E-state index contributed by atoms with van der Waals surface area (Å²) in [5.74, 6) is 0.945. The van der Waals surface area contributed by atoms with Crippen molar-refractivity contribution in [2.75, 3.05) is 0 Å². The maximum Gasteiger partial charge on any atom is 0.120 e. The minimum atomic E-state index is 0.406. The molecule has 0 bridgehead atoms. The second-order valence-corrected chi connectivity index (χ2v) is 4.44. The molecule has 1 aliphatic carbocycles. The van der Waals surface area contributed by atoms with Crippen LogP contribution in [0.25, 0.3) is 0 Å². The van der Waals surface area contributed by atoms with Crippen molar-refractivity contribution in [1.82, 2.24) is 0 Å². The Morgan fingerprint density at radius 2 is 1.94 bits per heavy atom. The van der Waals surface area contributed by atoms with E-state index in [1.54, 1.807) is 0 Å². The van der Waals surface area contributed by atoms with E-state index in [0.29, 0.717) is 6.10 Å². The van der Waals surface area contributed by atoms with Gasteiger partial charge in [-0.2, -0.15) is 0 Å². The summed E-state index contributed by atoms with van der Waals surface area (Å²) < 4.78 is 9.82. The molecule has 1 aromatic rings. The highest BCUT2D eigenvalue weighted by atomic mass is 32.1. The Hall–Kier alpha value is -0.960. The van der Waals surface area contributed by atoms with Gasteiger partial charge in [0.05, 0.1) is 11.8 Å². The fourth-order valence-electron chi connectivity index (χ4n) is 2.05. The normalized spacial score (nSPS) is 16.1. The van der Waals surface area contributed by atoms with Gasteiger partial charge in [0.1, 0.15) is 5.75 Å². The van der Waals surface area contributed by atoms with Gasteiger partial charge in [0.2, 0.25) is 0 Å². The van der Waals surface area contributed by atoms with Crippen LogP contribution in [-0.4, -0.2) is 11.8 Å². The minimum Gasteiger partial charge on any atom is -0.490 e. The van der Waals surface area contributed by atoms with Crippen LogP contribution in [0.4, 0.5) is 0 Å². The topological polar surface area (TPSA) is 21.6 Å². The Balaban J connectivity index is 0.000000771. The van der Waals surface area contributed by atoms with Gasteiger partial charge < -0.3 is 4.74 Å². The molecule has 0 N–H and O–H groups in total. The van der Waals surface area contributed by atoms with E-state index in [1.165, 1.54) is 25.7 Å². The summed E-state index contributed by atoms with van der Waals surface area (Å²) in [7, 11) is 0. The van der Waals surface area contributed by atoms with Crippen LogP contribution in [0.1, 0.15) is 52.0 Å². The van der Waals surface area contributed by atoms with Crippen LogP contribution in [-0.2, 0) is 0 Å². The highest BCUT2D eigenvalue weighted by molar-refractivity contribution is 7.79. The van der Waals surface area contributed by atoms with Gasteiger partial charge in [-0.25, -0.2) is 4.40 Å². The summed E-state index contributed by atoms with van der Waals surface area (Å²) in [5, 5.41) is 0. The van der Waals surface area contributed by atoms with E-state index >= 15 is 0 Å². The molecule has 100 valence electrons. The molecule has 1 aromatic carbocycles. The van der Waals surface area contributed by atoms with Crippen molar-refractivity contribution in [1.29, 1.82) is 0 Å². The van der Waals surface area contributed by atoms with Crippen LogP contribution in [0.3, 0.4) is 0 Å². The van der Waals surface area contributed by atoms with Crippen LogP contribution >= 0.6 is 12.8 Å². The largest absolute Gasteiger partial charge is 0.490 e. The average molecular weight is 265 g/mol. The summed E-state index contributed by atoms with van der Waals surface area (Å²) in [6.45, 7) is 5.95. The zero-order valence-corrected chi connectivity index (χ0v) is 12.4. The first-order valence-corrected chi connectivity index (χ1v) is 7.15. The summed E-state index contributed by atoms with van der Waals surface area (Å²) in [4.78, 5) is 0. The van der Waals surface area contributed by atoms with E-state index in [4.69, 9.17) is 4.74 Å². The number of ether oxygens (including phenoxy) is 1. The van der Waals surface area contributed by atoms with Crippen molar-refractivity contribution < 1.29 is 4.74 Å². The molecule has 0 aromatic heterocycles. The third-order valence-electron chi connectivity index (χ3n) is 3.01. The second kappa shape index (κ2) is 8.20. The molecule has 1 aliphatic rings. The van der Waals surface area contributed by atoms with Gasteiger partial charge in [-0.15, -0.1) is 0 Å². The Bertz CT molecular complexity index is 384. The van der Waals surface area contributed by atoms with Gasteiger partial charge in [-0.3, -0.25) is 0 Å². The van der Waals surface area contributed by atoms with E-state index in [1.807, 2.05) is 45.0 Å². The summed E-state index contributed by atoms with van der Waals surface area (Å²) in [6, 6.07) is 8.07. The van der Waals surface area contributed by atoms with Crippen molar-refractivity contribution in [3.05, 3.63) is 29.8 Å². The molecule has 0 unspecified atom stereocenters. The molecule has 0 spiro atoms. The molecule has 2 nitrogen and oxygen atoms in total. The standard InChI is InChI=1S/C13H17NOS.C2H6/c1-10(14-16)11-5-4-8-13(9-11)15-12-6-2-3-7-12;1-2/h4-5,8-9,12,16H,2-3,6-7H2,1H3;1-2H3/b14-10-;. The van der Waals surface area contributed by atoms with Gasteiger partial charge in [0, 0.05) is 0 Å². The van der Waals surface area contributed by atoms with Crippen LogP contribution in [0.2, 0.25) is 0 Å². The monoisotopic (exact) mass is 265 g/mol. The molecule has 0 aliphatic heterocycles. The highest BCUT2D eigenvalue weighted by Gasteiger charge is 2.16. The lowest BCUT2D eigenvalue weighted by Crippen LogP contribution is -2.11. The third kappa shape index (κ3) is 4.37. The summed E-state index contributed by atoms with van der Waals surface area (Å²) >= 11 is 3.92. The molecule has 18 heavy (non-hydrogen) atoms. The van der Waals surface area contributed by atoms with Gasteiger partial charge in [-0.1, -0.05) is 26.0 Å². The Kier molecular flexibility index (Phi) is 6.88. The SMILES string of the molecule is C/C(=N/S)c1cccc(OC2CCCC2)c1.CC. The fraction of sp³-hybridized carbons (Fsp3) is 0.533. The molecule has 0 amide bonds. The van der Waals surface area contributed by atoms with Gasteiger partial charge in [-0.05, 0) is 63.1 Å². The third-order valence-corrected chi connectivity index (χ3v) is 3.31. The van der Waals surface area contributed by atoms with Gasteiger partial charge in [0.25, 0.3) is 0 Å².